The van der Waals surface area contributed by atoms with Crippen LogP contribution in [0.3, 0.4) is 0 Å². The van der Waals surface area contributed by atoms with Crippen LogP contribution >= 0.6 is 0 Å². The fourth-order valence-corrected chi connectivity index (χ4v) is 3.24. The van der Waals surface area contributed by atoms with Crippen molar-refractivity contribution in [3.63, 3.8) is 0 Å². The van der Waals surface area contributed by atoms with Crippen LogP contribution in [-0.4, -0.2) is 29.6 Å². The topological polar surface area (TPSA) is 36.9 Å². The lowest BCUT2D eigenvalue weighted by Crippen LogP contribution is -2.44. The smallest absolute Gasteiger partial charge is 0.190 e. The second kappa shape index (κ2) is 6.34. The Hall–Kier alpha value is -2.24. The first kappa shape index (κ1) is 15.3. The Morgan fingerprint density at radius 3 is 2.46 bits per heavy atom. The molecule has 0 bridgehead atoms. The molecule has 0 amide bonds. The molecule has 2 aromatic carbocycles. The lowest BCUT2D eigenvalue weighted by Gasteiger charge is -2.35. The van der Waals surface area contributed by atoms with Crippen LogP contribution in [0.2, 0.25) is 0 Å². The van der Waals surface area contributed by atoms with Crippen molar-refractivity contribution in [2.24, 2.45) is 4.99 Å². The average molecular weight is 325 g/mol. The summed E-state index contributed by atoms with van der Waals surface area (Å²) >= 11 is 0. The first-order valence-corrected chi connectivity index (χ1v) is 8.29. The van der Waals surface area contributed by atoms with Gasteiger partial charge in [0.1, 0.15) is 5.82 Å². The fraction of sp³-hybridized carbons (Fsp3) is 0.316. The molecule has 0 saturated carbocycles. The molecule has 2 aliphatic heterocycles. The molecular weight excluding hydrogens is 305 g/mol. The Morgan fingerprint density at radius 1 is 1.04 bits per heavy atom. The molecule has 0 unspecified atom stereocenters. The van der Waals surface area contributed by atoms with Gasteiger partial charge in [0.15, 0.2) is 11.6 Å². The molecule has 0 aromatic heterocycles. The monoisotopic (exact) mass is 325 g/mol. The molecule has 4 nitrogen and oxygen atoms in total. The number of rotatable bonds is 3. The number of hydroxylamine groups is 1. The molecule has 0 atom stereocenters. The number of likely N-dealkylation sites (tertiary alicyclic amines) is 1. The highest BCUT2D eigenvalue weighted by atomic mass is 19.1. The quantitative estimate of drug-likeness (QED) is 0.942. The fourth-order valence-electron chi connectivity index (χ4n) is 3.24. The molecule has 24 heavy (non-hydrogen) atoms. The van der Waals surface area contributed by atoms with Crippen LogP contribution in [0.1, 0.15) is 24.0 Å². The number of amidine groups is 1. The molecule has 2 aliphatic rings. The van der Waals surface area contributed by atoms with Crippen molar-refractivity contribution in [3.05, 3.63) is 71.5 Å². The lowest BCUT2D eigenvalue weighted by molar-refractivity contribution is -0.0901. The summed E-state index contributed by atoms with van der Waals surface area (Å²) in [5.74, 6) is 0.439. The van der Waals surface area contributed by atoms with Gasteiger partial charge in [0.2, 0.25) is 0 Å². The number of aliphatic imine (C=N–C) groups is 1. The van der Waals surface area contributed by atoms with Crippen molar-refractivity contribution in [1.82, 2.24) is 10.4 Å². The maximum atomic E-state index is 13.0. The second-order valence-corrected chi connectivity index (χ2v) is 6.38. The Labute approximate surface area is 140 Å². The van der Waals surface area contributed by atoms with E-state index in [0.29, 0.717) is 5.84 Å². The Bertz CT molecular complexity index is 722. The summed E-state index contributed by atoms with van der Waals surface area (Å²) in [5, 5.41) is 0. The van der Waals surface area contributed by atoms with E-state index in [2.05, 4.69) is 34.6 Å². The molecule has 1 spiro atoms. The SMILES string of the molecule is Fc1ccc(C2=NC3(CCN(Cc4ccccc4)CC3)ON2)cc1. The predicted molar refractivity (Wildman–Crippen MR) is 90.8 cm³/mol. The van der Waals surface area contributed by atoms with Gasteiger partial charge in [-0.2, -0.15) is 0 Å². The highest BCUT2D eigenvalue weighted by Gasteiger charge is 2.40. The molecule has 1 fully saturated rings. The molecule has 124 valence electrons. The zero-order chi connectivity index (χ0) is 16.4. The van der Waals surface area contributed by atoms with Gasteiger partial charge >= 0.3 is 0 Å². The number of hydrogen-bond donors (Lipinski definition) is 1. The minimum Gasteiger partial charge on any atom is -0.299 e. The van der Waals surface area contributed by atoms with Crippen LogP contribution in [-0.2, 0) is 11.4 Å². The van der Waals surface area contributed by atoms with E-state index in [9.17, 15) is 4.39 Å². The number of nitrogens with zero attached hydrogens (tertiary/aromatic N) is 2. The van der Waals surface area contributed by atoms with Gasteiger partial charge in [-0.05, 0) is 29.8 Å². The summed E-state index contributed by atoms with van der Waals surface area (Å²) in [6, 6.07) is 16.8. The van der Waals surface area contributed by atoms with E-state index in [1.807, 2.05) is 6.07 Å². The molecule has 5 heteroatoms. The first-order valence-electron chi connectivity index (χ1n) is 8.29. The van der Waals surface area contributed by atoms with Crippen molar-refractivity contribution < 1.29 is 9.23 Å². The van der Waals surface area contributed by atoms with Crippen molar-refractivity contribution >= 4 is 5.84 Å². The molecule has 2 heterocycles. The van der Waals surface area contributed by atoms with Crippen LogP contribution in [0.25, 0.3) is 0 Å². The van der Waals surface area contributed by atoms with Crippen molar-refractivity contribution in [2.45, 2.75) is 25.1 Å². The van der Waals surface area contributed by atoms with E-state index in [1.165, 1.54) is 17.7 Å². The molecule has 0 aliphatic carbocycles. The third-order valence-corrected chi connectivity index (χ3v) is 4.66. The van der Waals surface area contributed by atoms with Gasteiger partial charge in [0, 0.05) is 38.0 Å². The number of benzene rings is 2. The van der Waals surface area contributed by atoms with Crippen LogP contribution in [0.15, 0.2) is 59.6 Å². The number of piperidine rings is 1. The third-order valence-electron chi connectivity index (χ3n) is 4.66. The molecule has 2 aromatic rings. The van der Waals surface area contributed by atoms with Gasteiger partial charge < -0.3 is 0 Å². The van der Waals surface area contributed by atoms with Crippen LogP contribution < -0.4 is 5.48 Å². The van der Waals surface area contributed by atoms with Crippen molar-refractivity contribution in [2.75, 3.05) is 13.1 Å². The minimum atomic E-state index is -0.489. The Balaban J connectivity index is 1.41. The van der Waals surface area contributed by atoms with Gasteiger partial charge in [0.25, 0.3) is 0 Å². The van der Waals surface area contributed by atoms with Crippen LogP contribution in [0, 0.1) is 5.82 Å². The lowest BCUT2D eigenvalue weighted by atomic mass is 10.0. The van der Waals surface area contributed by atoms with Gasteiger partial charge in [-0.1, -0.05) is 30.3 Å². The first-order chi connectivity index (χ1) is 11.7. The largest absolute Gasteiger partial charge is 0.299 e. The number of nitrogens with one attached hydrogen (secondary N) is 1. The van der Waals surface area contributed by atoms with Gasteiger partial charge in [-0.15, -0.1) is 0 Å². The number of hydrogen-bond acceptors (Lipinski definition) is 4. The molecular formula is C19H20FN3O. The van der Waals surface area contributed by atoms with Gasteiger partial charge in [-0.3, -0.25) is 4.90 Å². The maximum Gasteiger partial charge on any atom is 0.190 e. The van der Waals surface area contributed by atoms with E-state index < -0.39 is 5.72 Å². The van der Waals surface area contributed by atoms with E-state index in [0.717, 1.165) is 38.0 Å². The zero-order valence-corrected chi connectivity index (χ0v) is 13.4. The molecule has 1 N–H and O–H groups in total. The molecule has 4 rings (SSSR count). The predicted octanol–water partition coefficient (Wildman–Crippen LogP) is 3.10. The Morgan fingerprint density at radius 2 is 1.75 bits per heavy atom. The second-order valence-electron chi connectivity index (χ2n) is 6.38. The summed E-state index contributed by atoms with van der Waals surface area (Å²) in [4.78, 5) is 13.0. The van der Waals surface area contributed by atoms with E-state index >= 15 is 0 Å². The van der Waals surface area contributed by atoms with E-state index in [-0.39, 0.29) is 5.82 Å². The zero-order valence-electron chi connectivity index (χ0n) is 13.4. The highest BCUT2D eigenvalue weighted by molar-refractivity contribution is 5.99. The van der Waals surface area contributed by atoms with E-state index in [4.69, 9.17) is 9.83 Å². The minimum absolute atomic E-state index is 0.248. The number of halogens is 1. The van der Waals surface area contributed by atoms with Crippen LogP contribution in [0.4, 0.5) is 4.39 Å². The van der Waals surface area contributed by atoms with Gasteiger partial charge in [-0.25, -0.2) is 19.7 Å². The third kappa shape index (κ3) is 3.18. The normalized spacial score (nSPS) is 20.0. The van der Waals surface area contributed by atoms with Gasteiger partial charge in [0.05, 0.1) is 0 Å². The summed E-state index contributed by atoms with van der Waals surface area (Å²) < 4.78 is 13.0. The molecule has 1 saturated heterocycles. The summed E-state index contributed by atoms with van der Waals surface area (Å²) in [7, 11) is 0. The summed E-state index contributed by atoms with van der Waals surface area (Å²) in [5.41, 5.74) is 4.61. The average Bonchev–Trinajstić information content (AvgIpc) is 3.03. The van der Waals surface area contributed by atoms with E-state index in [1.54, 1.807) is 12.1 Å². The summed E-state index contributed by atoms with van der Waals surface area (Å²) in [6.45, 7) is 2.84. The van der Waals surface area contributed by atoms with Crippen LogP contribution in [0.5, 0.6) is 0 Å². The maximum absolute atomic E-state index is 13.0. The van der Waals surface area contributed by atoms with Crippen molar-refractivity contribution in [3.8, 4) is 0 Å². The van der Waals surface area contributed by atoms with Crippen molar-refractivity contribution in [1.29, 1.82) is 0 Å². The molecule has 0 radical (unpaired) electrons. The Kier molecular flexibility index (Phi) is 4.04. The standard InChI is InChI=1S/C19H20FN3O/c20-17-8-6-16(7-9-17)18-21-19(24-22-18)10-12-23(13-11-19)14-15-4-2-1-3-5-15/h1-9H,10-14H2,(H,21,22). The summed E-state index contributed by atoms with van der Waals surface area (Å²) in [6.07, 6.45) is 1.69. The highest BCUT2D eigenvalue weighted by Crippen LogP contribution is 2.31.